The van der Waals surface area contributed by atoms with E-state index in [1.165, 1.54) is 17.2 Å². The predicted octanol–water partition coefficient (Wildman–Crippen LogP) is 1.73. The molecule has 0 aliphatic rings. The molecule has 0 aromatic carbocycles. The van der Waals surface area contributed by atoms with Crippen molar-refractivity contribution in [2.75, 3.05) is 11.7 Å². The van der Waals surface area contributed by atoms with Crippen molar-refractivity contribution in [2.24, 2.45) is 0 Å². The van der Waals surface area contributed by atoms with Gasteiger partial charge in [-0.15, -0.1) is 0 Å². The van der Waals surface area contributed by atoms with Gasteiger partial charge in [0.25, 0.3) is 0 Å². The fraction of sp³-hybridized carbons (Fsp3) is 1.00. The molecule has 1 N–H and O–H groups in total. The molecular formula is C4H10OS2. The molecule has 3 heteroatoms. The van der Waals surface area contributed by atoms with Crippen LogP contribution in [-0.2, 0) is 0 Å². The molecule has 44 valence electrons. The van der Waals surface area contributed by atoms with Gasteiger partial charge in [-0.2, -0.15) is 0 Å². The third-order valence-electron chi connectivity index (χ3n) is 0.423. The Balaban J connectivity index is 2.45. The van der Waals surface area contributed by atoms with Crippen molar-refractivity contribution < 1.29 is 5.11 Å². The molecule has 0 bridgehead atoms. The van der Waals surface area contributed by atoms with Crippen molar-refractivity contribution in [2.45, 2.75) is 13.3 Å². The van der Waals surface area contributed by atoms with Gasteiger partial charge in [-0.25, -0.2) is 0 Å². The van der Waals surface area contributed by atoms with Crippen LogP contribution in [0.25, 0.3) is 0 Å². The van der Waals surface area contributed by atoms with Gasteiger partial charge in [0.2, 0.25) is 0 Å². The second-order valence-corrected chi connectivity index (χ2v) is 3.62. The molecule has 0 saturated heterocycles. The van der Waals surface area contributed by atoms with E-state index in [0.717, 1.165) is 5.75 Å². The maximum Gasteiger partial charge on any atom is 0.0987 e. The van der Waals surface area contributed by atoms with Gasteiger partial charge in [0.1, 0.15) is 0 Å². The predicted molar refractivity (Wildman–Crippen MR) is 37.4 cm³/mol. The second kappa shape index (κ2) is 6.66. The Morgan fingerprint density at radius 2 is 2.14 bits per heavy atom. The molecule has 0 fully saturated rings. The lowest BCUT2D eigenvalue weighted by molar-refractivity contribution is 0.376. The second-order valence-electron chi connectivity index (χ2n) is 1.07. The maximum atomic E-state index is 8.24. The average molecular weight is 138 g/mol. The minimum Gasteiger partial charge on any atom is -0.385 e. The van der Waals surface area contributed by atoms with Crippen LogP contribution in [0.4, 0.5) is 0 Å². The lowest BCUT2D eigenvalue weighted by atomic mass is 10.6. The molecule has 0 atom stereocenters. The first kappa shape index (κ1) is 7.66. The van der Waals surface area contributed by atoms with E-state index in [9.17, 15) is 0 Å². The third-order valence-corrected chi connectivity index (χ3v) is 2.59. The summed E-state index contributed by atoms with van der Waals surface area (Å²) >= 11 is 0. The van der Waals surface area contributed by atoms with Crippen molar-refractivity contribution in [1.82, 2.24) is 0 Å². The molecule has 1 nitrogen and oxygen atoms in total. The monoisotopic (exact) mass is 138 g/mol. The summed E-state index contributed by atoms with van der Waals surface area (Å²) in [6.07, 6.45) is 1.19. The Kier molecular flexibility index (Phi) is 7.29. The van der Waals surface area contributed by atoms with Crippen LogP contribution in [0.2, 0.25) is 0 Å². The Hall–Kier alpha value is 0.660. The highest BCUT2D eigenvalue weighted by atomic mass is 33.1. The molecule has 0 aromatic heterocycles. The number of aliphatic hydroxyl groups is 1. The van der Waals surface area contributed by atoms with E-state index in [-0.39, 0.29) is 5.94 Å². The van der Waals surface area contributed by atoms with E-state index >= 15 is 0 Å². The maximum absolute atomic E-state index is 8.24. The fourth-order valence-electron chi connectivity index (χ4n) is 0.180. The van der Waals surface area contributed by atoms with Gasteiger partial charge >= 0.3 is 0 Å². The summed E-state index contributed by atoms with van der Waals surface area (Å²) in [5.41, 5.74) is 0. The molecule has 0 spiro atoms. The van der Waals surface area contributed by atoms with Crippen molar-refractivity contribution in [1.29, 1.82) is 0 Å². The molecule has 0 amide bonds. The molecule has 0 unspecified atom stereocenters. The van der Waals surface area contributed by atoms with E-state index in [0.29, 0.717) is 0 Å². The van der Waals surface area contributed by atoms with Gasteiger partial charge in [-0.1, -0.05) is 28.5 Å². The van der Waals surface area contributed by atoms with Crippen molar-refractivity contribution in [3.05, 3.63) is 0 Å². The van der Waals surface area contributed by atoms with Crippen LogP contribution >= 0.6 is 21.6 Å². The summed E-state index contributed by atoms with van der Waals surface area (Å²) in [6.45, 7) is 2.13. The average Bonchev–Trinajstić information content (AvgIpc) is 1.69. The molecular weight excluding hydrogens is 128 g/mol. The summed E-state index contributed by atoms with van der Waals surface area (Å²) < 4.78 is 0. The SMILES string of the molecule is CCCSSCO. The number of hydrogen-bond donors (Lipinski definition) is 1. The smallest absolute Gasteiger partial charge is 0.0987 e. The van der Waals surface area contributed by atoms with Crippen molar-refractivity contribution >= 4 is 21.6 Å². The molecule has 0 heterocycles. The lowest BCUT2D eigenvalue weighted by Gasteiger charge is -1.90. The molecule has 7 heavy (non-hydrogen) atoms. The zero-order chi connectivity index (χ0) is 5.54. The highest BCUT2D eigenvalue weighted by molar-refractivity contribution is 8.76. The van der Waals surface area contributed by atoms with Crippen LogP contribution in [0.3, 0.4) is 0 Å². The van der Waals surface area contributed by atoms with Crippen molar-refractivity contribution in [3.8, 4) is 0 Å². The van der Waals surface area contributed by atoms with E-state index in [4.69, 9.17) is 5.11 Å². The van der Waals surface area contributed by atoms with Gasteiger partial charge in [0.15, 0.2) is 0 Å². The number of aliphatic hydroxyl groups excluding tert-OH is 1. The van der Waals surface area contributed by atoms with E-state index < -0.39 is 0 Å². The highest BCUT2D eigenvalue weighted by Gasteiger charge is 1.81. The largest absolute Gasteiger partial charge is 0.385 e. The summed E-state index contributed by atoms with van der Waals surface area (Å²) in [7, 11) is 3.22. The summed E-state index contributed by atoms with van der Waals surface area (Å²) in [6, 6.07) is 0. The molecule has 0 rings (SSSR count). The standard InChI is InChI=1S/C4H10OS2/c1-2-3-6-7-4-5/h5H,2-4H2,1H3. The molecule has 0 aliphatic carbocycles. The molecule has 0 aromatic rings. The Bertz CT molecular complexity index is 28.9. The van der Waals surface area contributed by atoms with E-state index in [2.05, 4.69) is 6.92 Å². The zero-order valence-electron chi connectivity index (χ0n) is 4.39. The first-order chi connectivity index (χ1) is 3.41. The van der Waals surface area contributed by atoms with Crippen LogP contribution in [0, 0.1) is 0 Å². The van der Waals surface area contributed by atoms with Crippen LogP contribution in [0.5, 0.6) is 0 Å². The highest BCUT2D eigenvalue weighted by Crippen LogP contribution is 2.19. The molecule has 0 aliphatic heterocycles. The number of rotatable bonds is 4. The Morgan fingerprint density at radius 1 is 1.43 bits per heavy atom. The van der Waals surface area contributed by atoms with Gasteiger partial charge in [-0.3, -0.25) is 0 Å². The van der Waals surface area contributed by atoms with Gasteiger partial charge < -0.3 is 5.11 Å². The molecule has 0 radical (unpaired) electrons. The van der Waals surface area contributed by atoms with Crippen LogP contribution < -0.4 is 0 Å². The van der Waals surface area contributed by atoms with Crippen molar-refractivity contribution in [3.63, 3.8) is 0 Å². The fourth-order valence-corrected chi connectivity index (χ4v) is 1.62. The summed E-state index contributed by atoms with van der Waals surface area (Å²) in [4.78, 5) is 0. The number of hydrogen-bond acceptors (Lipinski definition) is 3. The van der Waals surface area contributed by atoms with E-state index in [1.54, 1.807) is 10.8 Å². The quantitative estimate of drug-likeness (QED) is 0.363. The van der Waals surface area contributed by atoms with Crippen LogP contribution in [0.1, 0.15) is 13.3 Å². The Morgan fingerprint density at radius 3 is 2.57 bits per heavy atom. The van der Waals surface area contributed by atoms with Gasteiger partial charge in [0.05, 0.1) is 5.94 Å². The van der Waals surface area contributed by atoms with Gasteiger partial charge in [-0.05, 0) is 6.42 Å². The third kappa shape index (κ3) is 6.66. The lowest BCUT2D eigenvalue weighted by Crippen LogP contribution is -1.69. The zero-order valence-corrected chi connectivity index (χ0v) is 6.02. The minimum atomic E-state index is 0.241. The topological polar surface area (TPSA) is 20.2 Å². The normalized spacial score (nSPS) is 9.43. The first-order valence-corrected chi connectivity index (χ1v) is 4.76. The summed E-state index contributed by atoms with van der Waals surface area (Å²) in [5.74, 6) is 1.38. The summed E-state index contributed by atoms with van der Waals surface area (Å²) in [5, 5.41) is 8.24. The minimum absolute atomic E-state index is 0.241. The van der Waals surface area contributed by atoms with Gasteiger partial charge in [0, 0.05) is 5.75 Å². The van der Waals surface area contributed by atoms with Crippen LogP contribution in [-0.4, -0.2) is 16.8 Å². The van der Waals surface area contributed by atoms with E-state index in [1.807, 2.05) is 0 Å². The Labute approximate surface area is 52.3 Å². The van der Waals surface area contributed by atoms with Crippen LogP contribution in [0.15, 0.2) is 0 Å². The molecule has 0 saturated carbocycles. The first-order valence-electron chi connectivity index (χ1n) is 2.27.